The molecule has 0 radical (unpaired) electrons. The average Bonchev–Trinajstić information content (AvgIpc) is 2.68. The molecule has 0 aromatic heterocycles. The van der Waals surface area contributed by atoms with Crippen LogP contribution in [-0.4, -0.2) is 50.7 Å². The third kappa shape index (κ3) is 4.93. The first-order chi connectivity index (χ1) is 13.1. The molecule has 1 fully saturated rings. The number of rotatable bonds is 6. The van der Waals surface area contributed by atoms with Gasteiger partial charge in [0, 0.05) is 16.1 Å². The van der Waals surface area contributed by atoms with Crippen LogP contribution in [0.25, 0.3) is 0 Å². The van der Waals surface area contributed by atoms with Crippen LogP contribution in [0.1, 0.15) is 22.8 Å². The van der Waals surface area contributed by atoms with Crippen LogP contribution in [0.5, 0.6) is 11.5 Å². The highest BCUT2D eigenvalue weighted by molar-refractivity contribution is 6.30. The van der Waals surface area contributed by atoms with Gasteiger partial charge in [-0.15, -0.1) is 0 Å². The van der Waals surface area contributed by atoms with Gasteiger partial charge >= 0.3 is 0 Å². The second-order valence-corrected chi connectivity index (χ2v) is 7.08. The molecule has 2 aromatic rings. The number of methoxy groups -OCH3 is 1. The van der Waals surface area contributed by atoms with Gasteiger partial charge in [0.1, 0.15) is 6.54 Å². The summed E-state index contributed by atoms with van der Waals surface area (Å²) in [4.78, 5) is 16.0. The number of carbonyl (C=O) groups excluding carboxylic acids is 1. The number of carbonyl (C=O) groups is 1. The predicted octanol–water partition coefficient (Wildman–Crippen LogP) is 2.29. The summed E-state index contributed by atoms with van der Waals surface area (Å²) in [5.74, 6) is 1.60. The van der Waals surface area contributed by atoms with E-state index in [1.54, 1.807) is 19.2 Å². The largest absolute Gasteiger partial charge is 0.493 e. The highest BCUT2D eigenvalue weighted by Gasteiger charge is 2.25. The molecule has 1 saturated heterocycles. The lowest BCUT2D eigenvalue weighted by Gasteiger charge is -2.32. The van der Waals surface area contributed by atoms with Gasteiger partial charge < -0.3 is 19.3 Å². The molecular formula is C21H26ClN2O3+. The Morgan fingerprint density at radius 1 is 1.15 bits per heavy atom. The van der Waals surface area contributed by atoms with Crippen molar-refractivity contribution in [2.24, 2.45) is 0 Å². The quantitative estimate of drug-likeness (QED) is 0.824. The van der Waals surface area contributed by atoms with E-state index < -0.39 is 0 Å². The third-order valence-electron chi connectivity index (χ3n) is 4.81. The molecule has 0 atom stereocenters. The summed E-state index contributed by atoms with van der Waals surface area (Å²) in [6.07, 6.45) is 0. The molecule has 2 aromatic carbocycles. The molecule has 0 unspecified atom stereocenters. The van der Waals surface area contributed by atoms with E-state index >= 15 is 0 Å². The summed E-state index contributed by atoms with van der Waals surface area (Å²) in [5.41, 5.74) is 1.87. The molecule has 0 spiro atoms. The first kappa shape index (κ1) is 19.5. The van der Waals surface area contributed by atoms with Crippen LogP contribution in [0.2, 0.25) is 5.02 Å². The normalized spacial score (nSPS) is 14.9. The number of quaternary nitrogens is 1. The molecular weight excluding hydrogens is 364 g/mol. The average molecular weight is 390 g/mol. The molecule has 0 aliphatic carbocycles. The van der Waals surface area contributed by atoms with Crippen molar-refractivity contribution in [3.63, 3.8) is 0 Å². The van der Waals surface area contributed by atoms with Crippen molar-refractivity contribution in [3.8, 4) is 11.5 Å². The van der Waals surface area contributed by atoms with Crippen LogP contribution in [0.3, 0.4) is 0 Å². The molecule has 1 aliphatic heterocycles. The van der Waals surface area contributed by atoms with E-state index in [2.05, 4.69) is 12.1 Å². The zero-order chi connectivity index (χ0) is 19.2. The van der Waals surface area contributed by atoms with E-state index in [0.29, 0.717) is 17.2 Å². The summed E-state index contributed by atoms with van der Waals surface area (Å²) < 4.78 is 11.0. The first-order valence-electron chi connectivity index (χ1n) is 9.29. The highest BCUT2D eigenvalue weighted by atomic mass is 35.5. The van der Waals surface area contributed by atoms with Crippen LogP contribution >= 0.6 is 11.6 Å². The van der Waals surface area contributed by atoms with Gasteiger partial charge in [0.05, 0.1) is 39.9 Å². The molecule has 0 bridgehead atoms. The fourth-order valence-corrected chi connectivity index (χ4v) is 3.59. The summed E-state index contributed by atoms with van der Waals surface area (Å²) in [6.45, 7) is 6.81. The molecule has 3 rings (SSSR count). The molecule has 6 heteroatoms. The number of hydrogen-bond acceptors (Lipinski definition) is 3. The maximum absolute atomic E-state index is 12.6. The third-order valence-corrected chi connectivity index (χ3v) is 5.05. The van der Waals surface area contributed by atoms with Crippen LogP contribution in [0.4, 0.5) is 0 Å². The SMILES string of the molecule is CCOc1cc(C[NH+]2CCN(C(=O)c3cccc(Cl)c3)CC2)ccc1OC. The topological polar surface area (TPSA) is 43.2 Å². The second-order valence-electron chi connectivity index (χ2n) is 6.65. The van der Waals surface area contributed by atoms with Gasteiger partial charge in [0.25, 0.3) is 5.91 Å². The minimum absolute atomic E-state index is 0.0552. The molecule has 1 heterocycles. The van der Waals surface area contributed by atoms with Crippen molar-refractivity contribution in [3.05, 3.63) is 58.6 Å². The Morgan fingerprint density at radius 2 is 1.93 bits per heavy atom. The number of piperazine rings is 1. The zero-order valence-electron chi connectivity index (χ0n) is 15.8. The summed E-state index contributed by atoms with van der Waals surface area (Å²) >= 11 is 6.00. The fourth-order valence-electron chi connectivity index (χ4n) is 3.39. The smallest absolute Gasteiger partial charge is 0.254 e. The summed E-state index contributed by atoms with van der Waals surface area (Å²) in [5, 5.41) is 0.592. The van der Waals surface area contributed by atoms with E-state index in [1.165, 1.54) is 10.5 Å². The van der Waals surface area contributed by atoms with E-state index in [-0.39, 0.29) is 5.91 Å². The standard InChI is InChI=1S/C21H25ClN2O3/c1-3-27-20-13-16(7-8-19(20)26-2)15-23-9-11-24(12-10-23)21(25)17-5-4-6-18(22)14-17/h4-8,13-14H,3,9-12,15H2,1-2H3/p+1. The lowest BCUT2D eigenvalue weighted by Crippen LogP contribution is -3.13. The monoisotopic (exact) mass is 389 g/mol. The lowest BCUT2D eigenvalue weighted by molar-refractivity contribution is -0.917. The Labute approximate surface area is 165 Å². The van der Waals surface area contributed by atoms with Gasteiger partial charge in [-0.3, -0.25) is 4.79 Å². The van der Waals surface area contributed by atoms with Crippen molar-refractivity contribution >= 4 is 17.5 Å². The maximum atomic E-state index is 12.6. The number of nitrogens with one attached hydrogen (secondary N) is 1. The molecule has 27 heavy (non-hydrogen) atoms. The van der Waals surface area contributed by atoms with Crippen LogP contribution in [-0.2, 0) is 6.54 Å². The number of nitrogens with zero attached hydrogens (tertiary/aromatic N) is 1. The number of halogens is 1. The van der Waals surface area contributed by atoms with Crippen molar-refractivity contribution < 1.29 is 19.2 Å². The van der Waals surface area contributed by atoms with Gasteiger partial charge in [-0.05, 0) is 43.3 Å². The Kier molecular flexibility index (Phi) is 6.58. The van der Waals surface area contributed by atoms with Gasteiger partial charge in [-0.25, -0.2) is 0 Å². The Morgan fingerprint density at radius 3 is 2.59 bits per heavy atom. The lowest BCUT2D eigenvalue weighted by atomic mass is 10.1. The van der Waals surface area contributed by atoms with E-state index in [1.807, 2.05) is 30.0 Å². The minimum Gasteiger partial charge on any atom is -0.493 e. The molecule has 1 N–H and O–H groups in total. The zero-order valence-corrected chi connectivity index (χ0v) is 16.6. The van der Waals surface area contributed by atoms with Crippen LogP contribution in [0.15, 0.2) is 42.5 Å². The molecule has 1 amide bonds. The summed E-state index contributed by atoms with van der Waals surface area (Å²) in [7, 11) is 1.65. The first-order valence-corrected chi connectivity index (χ1v) is 9.66. The number of hydrogen-bond donors (Lipinski definition) is 1. The summed E-state index contributed by atoms with van der Waals surface area (Å²) in [6, 6.07) is 13.2. The maximum Gasteiger partial charge on any atom is 0.254 e. The molecule has 1 aliphatic rings. The van der Waals surface area contributed by atoms with Gasteiger partial charge in [-0.1, -0.05) is 17.7 Å². The Bertz CT molecular complexity index is 789. The fraction of sp³-hybridized carbons (Fsp3) is 0.381. The molecule has 0 saturated carbocycles. The number of ether oxygens (including phenoxy) is 2. The minimum atomic E-state index is 0.0552. The Hall–Kier alpha value is -2.24. The molecule has 5 nitrogen and oxygen atoms in total. The Balaban J connectivity index is 1.58. The highest BCUT2D eigenvalue weighted by Crippen LogP contribution is 2.27. The van der Waals surface area contributed by atoms with E-state index in [4.69, 9.17) is 21.1 Å². The van der Waals surface area contributed by atoms with Crippen molar-refractivity contribution in [1.82, 2.24) is 4.90 Å². The van der Waals surface area contributed by atoms with Crippen molar-refractivity contribution in [1.29, 1.82) is 0 Å². The number of benzene rings is 2. The van der Waals surface area contributed by atoms with Crippen LogP contribution in [0, 0.1) is 0 Å². The van der Waals surface area contributed by atoms with Crippen LogP contribution < -0.4 is 14.4 Å². The second kappa shape index (κ2) is 9.11. The van der Waals surface area contributed by atoms with E-state index in [9.17, 15) is 4.79 Å². The van der Waals surface area contributed by atoms with Gasteiger partial charge in [0.2, 0.25) is 0 Å². The predicted molar refractivity (Wildman–Crippen MR) is 106 cm³/mol. The van der Waals surface area contributed by atoms with E-state index in [0.717, 1.165) is 44.2 Å². The van der Waals surface area contributed by atoms with Gasteiger partial charge in [-0.2, -0.15) is 0 Å². The van der Waals surface area contributed by atoms with Crippen molar-refractivity contribution in [2.75, 3.05) is 39.9 Å². The van der Waals surface area contributed by atoms with Crippen molar-refractivity contribution in [2.45, 2.75) is 13.5 Å². The van der Waals surface area contributed by atoms with Gasteiger partial charge in [0.15, 0.2) is 11.5 Å². The molecule has 144 valence electrons. The number of amides is 1.